The summed E-state index contributed by atoms with van der Waals surface area (Å²) in [5.74, 6) is -1.72. The van der Waals surface area contributed by atoms with Gasteiger partial charge in [-0.05, 0) is 42.2 Å². The van der Waals surface area contributed by atoms with Gasteiger partial charge in [0, 0.05) is 36.5 Å². The maximum atomic E-state index is 13.5. The summed E-state index contributed by atoms with van der Waals surface area (Å²) in [6.45, 7) is 6.50. The molecule has 0 unspecified atom stereocenters. The number of aliphatic hydroxyl groups is 1. The van der Waals surface area contributed by atoms with Crippen LogP contribution in [-0.2, 0) is 23.9 Å². The zero-order valence-corrected chi connectivity index (χ0v) is 18.1. The van der Waals surface area contributed by atoms with Crippen molar-refractivity contribution in [3.63, 3.8) is 0 Å². The number of carbonyl (C=O) groups excluding carboxylic acids is 4. The lowest BCUT2D eigenvalue weighted by Gasteiger charge is -2.55. The van der Waals surface area contributed by atoms with Crippen molar-refractivity contribution in [1.29, 1.82) is 0 Å². The highest BCUT2D eigenvalue weighted by atomic mass is 16.5. The van der Waals surface area contributed by atoms with Crippen molar-refractivity contribution in [2.24, 2.45) is 34.5 Å². The van der Waals surface area contributed by atoms with Gasteiger partial charge in [0.2, 0.25) is 5.78 Å². The molecular weight excluding hydrogens is 384 g/mol. The normalized spacial score (nSPS) is 44.6. The van der Waals surface area contributed by atoms with E-state index in [4.69, 9.17) is 4.74 Å². The molecule has 0 aromatic rings. The minimum Gasteiger partial charge on any atom is -0.458 e. The molecule has 0 saturated heterocycles. The molecule has 0 spiro atoms. The number of carbonyl (C=O) groups is 4. The number of hydrogen-bond donors (Lipinski definition) is 1. The molecule has 0 aromatic heterocycles. The number of Topliss-reactive ketones (excluding diaryl/α,β-unsaturated/α-hetero) is 2. The van der Waals surface area contributed by atoms with Crippen LogP contribution in [0.15, 0.2) is 23.8 Å². The van der Waals surface area contributed by atoms with Crippen LogP contribution < -0.4 is 0 Å². The van der Waals surface area contributed by atoms with E-state index in [0.717, 1.165) is 5.57 Å². The van der Waals surface area contributed by atoms with Gasteiger partial charge in [-0.25, -0.2) is 0 Å². The molecule has 4 aliphatic rings. The molecule has 0 aliphatic heterocycles. The Balaban J connectivity index is 1.74. The molecule has 2 saturated carbocycles. The molecule has 6 heteroatoms. The summed E-state index contributed by atoms with van der Waals surface area (Å²) in [4.78, 5) is 49.7. The van der Waals surface area contributed by atoms with Crippen LogP contribution in [0.1, 0.15) is 53.4 Å². The van der Waals surface area contributed by atoms with Gasteiger partial charge >= 0.3 is 5.97 Å². The summed E-state index contributed by atoms with van der Waals surface area (Å²) in [5, 5.41) is 11.7. The van der Waals surface area contributed by atoms with E-state index in [2.05, 4.69) is 6.92 Å². The van der Waals surface area contributed by atoms with Crippen LogP contribution in [0.5, 0.6) is 0 Å². The van der Waals surface area contributed by atoms with Crippen LogP contribution in [-0.4, -0.2) is 40.6 Å². The third-order valence-electron chi connectivity index (χ3n) is 8.63. The summed E-state index contributed by atoms with van der Waals surface area (Å²) in [7, 11) is 0. The maximum Gasteiger partial charge on any atom is 0.303 e. The predicted molar refractivity (Wildman–Crippen MR) is 108 cm³/mol. The highest BCUT2D eigenvalue weighted by molar-refractivity contribution is 5.95. The van der Waals surface area contributed by atoms with Gasteiger partial charge in [0.15, 0.2) is 12.4 Å². The Morgan fingerprint density at radius 2 is 1.97 bits per heavy atom. The Hall–Kier alpha value is -2.08. The fourth-order valence-corrected chi connectivity index (χ4v) is 7.05. The number of ether oxygens (including phenoxy) is 1. The van der Waals surface area contributed by atoms with E-state index in [9.17, 15) is 24.3 Å². The number of esters is 1. The zero-order chi connectivity index (χ0) is 22.1. The summed E-state index contributed by atoms with van der Waals surface area (Å²) in [6, 6.07) is 0. The van der Waals surface area contributed by atoms with E-state index in [1.54, 1.807) is 6.08 Å². The third-order valence-corrected chi connectivity index (χ3v) is 8.63. The minimum absolute atomic E-state index is 0.0404. The molecule has 2 fully saturated rings. The van der Waals surface area contributed by atoms with E-state index >= 15 is 0 Å². The minimum atomic E-state index is -1.72. The molecule has 6 nitrogen and oxygen atoms in total. The van der Waals surface area contributed by atoms with Gasteiger partial charge in [-0.3, -0.25) is 19.2 Å². The highest BCUT2D eigenvalue weighted by Gasteiger charge is 2.70. The second-order valence-electron chi connectivity index (χ2n) is 10.2. The standard InChI is InChI=1S/C24H30O6/c1-13-9-18-17-6-5-15-10-16(26)7-8-22(15,3)21(17)19(27)11-23(18,4)24(13,29)20(28)12-30-14(2)25/h5-6,10,13,17-18,21,29H,7-9,11-12H2,1-4H3/t13-,17-,18-,21+,22-,23-,24-/m0/s1. The first-order chi connectivity index (χ1) is 13.9. The average molecular weight is 414 g/mol. The lowest BCUT2D eigenvalue weighted by Crippen LogP contribution is -2.61. The molecule has 0 bridgehead atoms. The number of hydrogen-bond acceptors (Lipinski definition) is 6. The van der Waals surface area contributed by atoms with Gasteiger partial charge in [0.05, 0.1) is 0 Å². The Labute approximate surface area is 176 Å². The smallest absolute Gasteiger partial charge is 0.303 e. The quantitative estimate of drug-likeness (QED) is 0.713. The number of ketones is 3. The molecule has 4 rings (SSSR count). The van der Waals surface area contributed by atoms with Gasteiger partial charge < -0.3 is 9.84 Å². The molecule has 0 aromatic carbocycles. The lowest BCUT2D eigenvalue weighted by atomic mass is 9.47. The summed E-state index contributed by atoms with van der Waals surface area (Å²) < 4.78 is 4.90. The van der Waals surface area contributed by atoms with Gasteiger partial charge in [0.1, 0.15) is 11.4 Å². The first-order valence-electron chi connectivity index (χ1n) is 10.8. The first-order valence-corrected chi connectivity index (χ1v) is 10.8. The maximum absolute atomic E-state index is 13.5. The van der Waals surface area contributed by atoms with Crippen molar-refractivity contribution in [1.82, 2.24) is 0 Å². The Bertz CT molecular complexity index is 899. The number of rotatable bonds is 3. The van der Waals surface area contributed by atoms with E-state index < -0.39 is 34.8 Å². The van der Waals surface area contributed by atoms with Crippen molar-refractivity contribution in [3.8, 4) is 0 Å². The topological polar surface area (TPSA) is 97.7 Å². The van der Waals surface area contributed by atoms with Crippen molar-refractivity contribution >= 4 is 23.3 Å². The molecule has 0 radical (unpaired) electrons. The fraction of sp³-hybridized carbons (Fsp3) is 0.667. The molecule has 162 valence electrons. The van der Waals surface area contributed by atoms with Crippen LogP contribution >= 0.6 is 0 Å². The van der Waals surface area contributed by atoms with Crippen molar-refractivity contribution in [3.05, 3.63) is 23.8 Å². The van der Waals surface area contributed by atoms with Crippen molar-refractivity contribution in [2.45, 2.75) is 59.0 Å². The summed E-state index contributed by atoms with van der Waals surface area (Å²) >= 11 is 0. The predicted octanol–water partition coefficient (Wildman–Crippen LogP) is 2.58. The molecule has 0 amide bonds. The second-order valence-corrected chi connectivity index (χ2v) is 10.2. The van der Waals surface area contributed by atoms with Gasteiger partial charge in [-0.1, -0.05) is 32.9 Å². The monoisotopic (exact) mass is 414 g/mol. The number of fused-ring (bicyclic) bond motifs is 5. The Kier molecular flexibility index (Phi) is 4.73. The van der Waals surface area contributed by atoms with Gasteiger partial charge in [-0.15, -0.1) is 0 Å². The van der Waals surface area contributed by atoms with Crippen molar-refractivity contribution in [2.75, 3.05) is 6.61 Å². The molecule has 0 heterocycles. The Morgan fingerprint density at radius 3 is 2.63 bits per heavy atom. The SMILES string of the molecule is CC(=O)OCC(=O)[C@@]1(O)[C@@H](C)C[C@H]2[C@@H]3C=CC4=CC(=O)CC[C@]4(C)[C@H]3C(=O)C[C@@]21C. The van der Waals surface area contributed by atoms with Gasteiger partial charge in [0.25, 0.3) is 0 Å². The highest BCUT2D eigenvalue weighted by Crippen LogP contribution is 2.66. The van der Waals surface area contributed by atoms with Crippen LogP contribution in [0, 0.1) is 34.5 Å². The first kappa shape index (κ1) is 21.2. The van der Waals surface area contributed by atoms with Crippen LogP contribution in [0.3, 0.4) is 0 Å². The molecule has 30 heavy (non-hydrogen) atoms. The van der Waals surface area contributed by atoms with Crippen LogP contribution in [0.4, 0.5) is 0 Å². The summed E-state index contributed by atoms with van der Waals surface area (Å²) in [5.41, 5.74) is -2.11. The third kappa shape index (κ3) is 2.65. The van der Waals surface area contributed by atoms with Crippen LogP contribution in [0.25, 0.3) is 0 Å². The Morgan fingerprint density at radius 1 is 1.27 bits per heavy atom. The van der Waals surface area contributed by atoms with E-state index in [-0.39, 0.29) is 41.7 Å². The largest absolute Gasteiger partial charge is 0.458 e. The molecule has 4 aliphatic carbocycles. The lowest BCUT2D eigenvalue weighted by molar-refractivity contribution is -0.174. The molecular formula is C24H30O6. The van der Waals surface area contributed by atoms with Gasteiger partial charge in [-0.2, -0.15) is 0 Å². The fourth-order valence-electron chi connectivity index (χ4n) is 7.05. The molecule has 1 N–H and O–H groups in total. The average Bonchev–Trinajstić information content (AvgIpc) is 2.87. The zero-order valence-electron chi connectivity index (χ0n) is 18.1. The van der Waals surface area contributed by atoms with E-state index in [0.29, 0.717) is 19.3 Å². The van der Waals surface area contributed by atoms with Crippen molar-refractivity contribution < 1.29 is 29.0 Å². The number of allylic oxidation sites excluding steroid dienone is 4. The second kappa shape index (κ2) is 6.71. The van der Waals surface area contributed by atoms with Crippen LogP contribution in [0.2, 0.25) is 0 Å². The summed E-state index contributed by atoms with van der Waals surface area (Å²) in [6.07, 6.45) is 7.47. The molecule has 7 atom stereocenters. The van der Waals surface area contributed by atoms with E-state index in [1.807, 2.05) is 26.0 Å². The van der Waals surface area contributed by atoms with E-state index in [1.165, 1.54) is 6.92 Å².